The van der Waals surface area contributed by atoms with Crippen molar-refractivity contribution in [3.8, 4) is 5.75 Å². The molecule has 7 nitrogen and oxygen atoms in total. The first-order chi connectivity index (χ1) is 13.5. The van der Waals surface area contributed by atoms with E-state index in [1.165, 1.54) is 12.0 Å². The van der Waals surface area contributed by atoms with Gasteiger partial charge in [0.15, 0.2) is 6.61 Å². The highest BCUT2D eigenvalue weighted by molar-refractivity contribution is 9.10. The first kappa shape index (κ1) is 18.5. The molecule has 2 aromatic carbocycles. The number of rotatable bonds is 3. The number of benzene rings is 2. The summed E-state index contributed by atoms with van der Waals surface area (Å²) in [5.41, 5.74) is 2.70. The molecule has 2 aliphatic heterocycles. The van der Waals surface area contributed by atoms with Crippen LogP contribution in [-0.4, -0.2) is 44.6 Å². The molecule has 0 aromatic heterocycles. The van der Waals surface area contributed by atoms with Gasteiger partial charge in [0, 0.05) is 16.7 Å². The second kappa shape index (κ2) is 7.27. The number of carbonyl (C=O) groups is 3. The van der Waals surface area contributed by atoms with Crippen LogP contribution in [-0.2, 0) is 20.7 Å². The normalized spacial score (nSPS) is 15.0. The summed E-state index contributed by atoms with van der Waals surface area (Å²) in [6.45, 7) is 0.329. The molecule has 2 amide bonds. The zero-order valence-electron chi connectivity index (χ0n) is 15.1. The average Bonchev–Trinajstić information content (AvgIpc) is 3.12. The molecular formula is C20H17BrN2O5. The minimum absolute atomic E-state index is 0.0744. The maximum Gasteiger partial charge on any atom is 0.337 e. The summed E-state index contributed by atoms with van der Waals surface area (Å²) in [5.74, 6) is -0.294. The second-order valence-electron chi connectivity index (χ2n) is 6.51. The molecule has 4 rings (SSSR count). The third-order valence-corrected chi connectivity index (χ3v) is 5.35. The van der Waals surface area contributed by atoms with Gasteiger partial charge in [0.1, 0.15) is 12.3 Å². The van der Waals surface area contributed by atoms with E-state index < -0.39 is 5.97 Å². The van der Waals surface area contributed by atoms with Crippen molar-refractivity contribution in [2.75, 3.05) is 36.6 Å². The molecule has 0 N–H and O–H groups in total. The Balaban J connectivity index is 1.56. The average molecular weight is 445 g/mol. The lowest BCUT2D eigenvalue weighted by molar-refractivity contribution is -0.124. The predicted octanol–water partition coefficient (Wildman–Crippen LogP) is 2.55. The van der Waals surface area contributed by atoms with Crippen LogP contribution in [0.15, 0.2) is 40.9 Å². The molecule has 2 heterocycles. The highest BCUT2D eigenvalue weighted by Crippen LogP contribution is 2.35. The van der Waals surface area contributed by atoms with E-state index in [1.54, 1.807) is 41.3 Å². The molecular weight excluding hydrogens is 428 g/mol. The monoisotopic (exact) mass is 444 g/mol. The number of nitrogens with zero attached hydrogens (tertiary/aromatic N) is 2. The van der Waals surface area contributed by atoms with Gasteiger partial charge in [-0.05, 0) is 48.4 Å². The number of methoxy groups -OCH3 is 1. The molecule has 144 valence electrons. The quantitative estimate of drug-likeness (QED) is 0.679. The van der Waals surface area contributed by atoms with Crippen LogP contribution < -0.4 is 14.5 Å². The Morgan fingerprint density at radius 1 is 1.18 bits per heavy atom. The second-order valence-corrected chi connectivity index (χ2v) is 7.43. The summed E-state index contributed by atoms with van der Waals surface area (Å²) < 4.78 is 11.0. The SMILES string of the molecule is COC(=O)c1ccc2c(c1)CCN2C(=O)CN1C(=O)COc2cc(Br)ccc21. The van der Waals surface area contributed by atoms with E-state index in [0.29, 0.717) is 30.0 Å². The summed E-state index contributed by atoms with van der Waals surface area (Å²) in [5, 5.41) is 0. The molecule has 2 aromatic rings. The van der Waals surface area contributed by atoms with E-state index in [1.807, 2.05) is 0 Å². The van der Waals surface area contributed by atoms with Crippen LogP contribution in [0.4, 0.5) is 11.4 Å². The smallest absolute Gasteiger partial charge is 0.337 e. The van der Waals surface area contributed by atoms with Crippen LogP contribution in [0.1, 0.15) is 15.9 Å². The third kappa shape index (κ3) is 3.24. The lowest BCUT2D eigenvalue weighted by Crippen LogP contribution is -2.46. The molecule has 0 spiro atoms. The number of hydrogen-bond donors (Lipinski definition) is 0. The van der Waals surface area contributed by atoms with Crippen molar-refractivity contribution in [1.82, 2.24) is 0 Å². The van der Waals surface area contributed by atoms with Crippen LogP contribution in [0, 0.1) is 0 Å². The van der Waals surface area contributed by atoms with Gasteiger partial charge in [-0.1, -0.05) is 15.9 Å². The van der Waals surface area contributed by atoms with Crippen molar-refractivity contribution in [1.29, 1.82) is 0 Å². The Morgan fingerprint density at radius 2 is 1.96 bits per heavy atom. The zero-order valence-corrected chi connectivity index (χ0v) is 16.7. The number of anilines is 2. The fourth-order valence-electron chi connectivity index (χ4n) is 3.48. The standard InChI is InChI=1S/C20H17BrN2O5/c1-27-20(26)13-2-4-15-12(8-13)6-7-22(15)18(24)10-23-16-5-3-14(21)9-17(16)28-11-19(23)25/h2-5,8-9H,6-7,10-11H2,1H3. The largest absolute Gasteiger partial charge is 0.482 e. The van der Waals surface area contributed by atoms with Gasteiger partial charge in [-0.15, -0.1) is 0 Å². The Hall–Kier alpha value is -2.87. The van der Waals surface area contributed by atoms with Crippen LogP contribution >= 0.6 is 15.9 Å². The third-order valence-electron chi connectivity index (χ3n) is 4.86. The summed E-state index contributed by atoms with van der Waals surface area (Å²) in [4.78, 5) is 40.1. The van der Waals surface area contributed by atoms with Crippen LogP contribution in [0.5, 0.6) is 5.75 Å². The first-order valence-electron chi connectivity index (χ1n) is 8.72. The van der Waals surface area contributed by atoms with Gasteiger partial charge in [-0.25, -0.2) is 4.79 Å². The van der Waals surface area contributed by atoms with Crippen molar-refractivity contribution in [3.05, 3.63) is 52.0 Å². The van der Waals surface area contributed by atoms with Gasteiger partial charge in [-0.3, -0.25) is 14.5 Å². The Kier molecular flexibility index (Phi) is 4.80. The fraction of sp³-hybridized carbons (Fsp3) is 0.250. The van der Waals surface area contributed by atoms with Gasteiger partial charge in [0.2, 0.25) is 5.91 Å². The lowest BCUT2D eigenvalue weighted by atomic mass is 10.1. The molecule has 0 unspecified atom stereocenters. The zero-order chi connectivity index (χ0) is 19.8. The van der Waals surface area contributed by atoms with E-state index in [0.717, 1.165) is 15.7 Å². The van der Waals surface area contributed by atoms with Gasteiger partial charge in [0.25, 0.3) is 5.91 Å². The van der Waals surface area contributed by atoms with E-state index in [2.05, 4.69) is 15.9 Å². The van der Waals surface area contributed by atoms with E-state index in [-0.39, 0.29) is 25.0 Å². The number of amides is 2. The number of carbonyl (C=O) groups excluding carboxylic acids is 3. The topological polar surface area (TPSA) is 76.2 Å². The fourth-order valence-corrected chi connectivity index (χ4v) is 3.82. The molecule has 0 fully saturated rings. The number of esters is 1. The molecule has 0 saturated carbocycles. The highest BCUT2D eigenvalue weighted by atomic mass is 79.9. The van der Waals surface area contributed by atoms with Crippen molar-refractivity contribution in [3.63, 3.8) is 0 Å². The van der Waals surface area contributed by atoms with Gasteiger partial charge in [0.05, 0.1) is 18.4 Å². The van der Waals surface area contributed by atoms with Gasteiger partial charge < -0.3 is 14.4 Å². The van der Waals surface area contributed by atoms with Crippen molar-refractivity contribution in [2.24, 2.45) is 0 Å². The predicted molar refractivity (Wildman–Crippen MR) is 106 cm³/mol. The first-order valence-corrected chi connectivity index (χ1v) is 9.51. The lowest BCUT2D eigenvalue weighted by Gasteiger charge is -2.30. The molecule has 0 bridgehead atoms. The molecule has 2 aliphatic rings. The Labute approximate surface area is 169 Å². The highest BCUT2D eigenvalue weighted by Gasteiger charge is 2.32. The molecule has 0 aliphatic carbocycles. The molecule has 0 radical (unpaired) electrons. The summed E-state index contributed by atoms with van der Waals surface area (Å²) >= 11 is 3.38. The number of hydrogen-bond acceptors (Lipinski definition) is 5. The summed E-state index contributed by atoms with van der Waals surface area (Å²) in [6, 6.07) is 10.5. The molecule has 0 saturated heterocycles. The van der Waals surface area contributed by atoms with E-state index in [9.17, 15) is 14.4 Å². The maximum atomic E-state index is 13.0. The molecule has 28 heavy (non-hydrogen) atoms. The van der Waals surface area contributed by atoms with E-state index >= 15 is 0 Å². The van der Waals surface area contributed by atoms with Crippen molar-refractivity contribution >= 4 is 45.1 Å². The number of ether oxygens (including phenoxy) is 2. The molecule has 0 atom stereocenters. The summed E-state index contributed by atoms with van der Waals surface area (Å²) in [6.07, 6.45) is 0.645. The van der Waals surface area contributed by atoms with Crippen LogP contribution in [0.3, 0.4) is 0 Å². The maximum absolute atomic E-state index is 13.0. The van der Waals surface area contributed by atoms with Crippen molar-refractivity contribution < 1.29 is 23.9 Å². The Bertz CT molecular complexity index is 991. The molecule has 8 heteroatoms. The Morgan fingerprint density at radius 3 is 2.75 bits per heavy atom. The minimum atomic E-state index is -0.408. The van der Waals surface area contributed by atoms with E-state index in [4.69, 9.17) is 9.47 Å². The van der Waals surface area contributed by atoms with Crippen LogP contribution in [0.25, 0.3) is 0 Å². The van der Waals surface area contributed by atoms with Gasteiger partial charge in [-0.2, -0.15) is 0 Å². The summed E-state index contributed by atoms with van der Waals surface area (Å²) in [7, 11) is 1.33. The van der Waals surface area contributed by atoms with Crippen LogP contribution in [0.2, 0.25) is 0 Å². The number of halogens is 1. The van der Waals surface area contributed by atoms with Crippen molar-refractivity contribution in [2.45, 2.75) is 6.42 Å². The van der Waals surface area contributed by atoms with Gasteiger partial charge >= 0.3 is 5.97 Å². The number of fused-ring (bicyclic) bond motifs is 2. The minimum Gasteiger partial charge on any atom is -0.482 e.